The van der Waals surface area contributed by atoms with Crippen molar-refractivity contribution in [3.63, 3.8) is 0 Å². The molecule has 0 aromatic heterocycles. The average molecular weight is 358 g/mol. The lowest BCUT2D eigenvalue weighted by Crippen LogP contribution is -2.37. The molecule has 0 spiro atoms. The number of carbonyl (C=O) groups is 2. The molecule has 0 aliphatic carbocycles. The Kier molecular flexibility index (Phi) is 6.72. The first-order chi connectivity index (χ1) is 12.4. The summed E-state index contributed by atoms with van der Waals surface area (Å²) in [6, 6.07) is 13.0. The number of anilines is 1. The van der Waals surface area contributed by atoms with Crippen molar-refractivity contribution in [2.24, 2.45) is 0 Å². The van der Waals surface area contributed by atoms with E-state index in [0.29, 0.717) is 11.4 Å². The second kappa shape index (κ2) is 8.99. The summed E-state index contributed by atoms with van der Waals surface area (Å²) in [7, 11) is 1.53. The average Bonchev–Trinajstić information content (AvgIpc) is 2.61. The normalized spacial score (nSPS) is 10.5. The van der Waals surface area contributed by atoms with E-state index in [0.717, 1.165) is 5.56 Å². The van der Waals surface area contributed by atoms with E-state index in [9.17, 15) is 14.0 Å². The van der Waals surface area contributed by atoms with Gasteiger partial charge in [-0.25, -0.2) is 4.39 Å². The maximum absolute atomic E-state index is 12.9. The lowest BCUT2D eigenvalue weighted by atomic mass is 10.0. The minimum atomic E-state index is -0.380. The summed E-state index contributed by atoms with van der Waals surface area (Å²) in [5.74, 6) is -0.109. The molecule has 2 aromatic rings. The number of nitrogens with zero attached hydrogens (tertiary/aromatic N) is 1. The number of amides is 2. The number of hydrogen-bond donors (Lipinski definition) is 1. The molecule has 2 aromatic carbocycles. The maximum atomic E-state index is 12.9. The summed E-state index contributed by atoms with van der Waals surface area (Å²) in [5, 5.41) is 2.61. The van der Waals surface area contributed by atoms with Gasteiger partial charge in [-0.05, 0) is 41.8 Å². The highest BCUT2D eigenvalue weighted by Crippen LogP contribution is 2.25. The topological polar surface area (TPSA) is 58.6 Å². The first kappa shape index (κ1) is 19.4. The van der Waals surface area contributed by atoms with Crippen molar-refractivity contribution in [1.29, 1.82) is 0 Å². The summed E-state index contributed by atoms with van der Waals surface area (Å²) in [4.78, 5) is 25.5. The molecule has 0 unspecified atom stereocenters. The Balaban J connectivity index is 1.85. The minimum Gasteiger partial charge on any atom is -0.483 e. The Hall–Kier alpha value is -2.89. The van der Waals surface area contributed by atoms with Gasteiger partial charge in [0.25, 0.3) is 5.91 Å². The van der Waals surface area contributed by atoms with E-state index < -0.39 is 0 Å². The summed E-state index contributed by atoms with van der Waals surface area (Å²) in [6.45, 7) is 3.83. The van der Waals surface area contributed by atoms with Gasteiger partial charge >= 0.3 is 0 Å². The second-order valence-corrected chi connectivity index (χ2v) is 6.29. The van der Waals surface area contributed by atoms with Gasteiger partial charge in [0.2, 0.25) is 5.91 Å². The third kappa shape index (κ3) is 5.58. The van der Waals surface area contributed by atoms with Crippen LogP contribution in [0.3, 0.4) is 0 Å². The van der Waals surface area contributed by atoms with E-state index in [4.69, 9.17) is 4.74 Å². The monoisotopic (exact) mass is 358 g/mol. The van der Waals surface area contributed by atoms with E-state index in [1.165, 1.54) is 36.2 Å². The molecule has 0 atom stereocenters. The van der Waals surface area contributed by atoms with Gasteiger partial charge < -0.3 is 15.0 Å². The van der Waals surface area contributed by atoms with Gasteiger partial charge in [-0.3, -0.25) is 9.59 Å². The highest BCUT2D eigenvalue weighted by atomic mass is 19.1. The number of likely N-dealkylation sites (N-methyl/N-ethyl adjacent to an activating group) is 1. The third-order valence-electron chi connectivity index (χ3n) is 3.83. The molecule has 138 valence electrons. The van der Waals surface area contributed by atoms with Gasteiger partial charge in [0.15, 0.2) is 6.61 Å². The van der Waals surface area contributed by atoms with Crippen LogP contribution < -0.4 is 10.1 Å². The predicted molar refractivity (Wildman–Crippen MR) is 98.7 cm³/mol. The standard InChI is InChI=1S/C20H23FN2O3/c1-14(2)17-6-4-5-7-18(17)26-13-20(25)23(3)12-19(24)22-16-10-8-15(21)9-11-16/h4-11,14H,12-13H2,1-3H3,(H,22,24). The van der Waals surface area contributed by atoms with E-state index >= 15 is 0 Å². The lowest BCUT2D eigenvalue weighted by molar-refractivity contribution is -0.135. The fourth-order valence-electron chi connectivity index (χ4n) is 2.38. The number of ether oxygens (including phenoxy) is 1. The first-order valence-corrected chi connectivity index (χ1v) is 8.38. The summed E-state index contributed by atoms with van der Waals surface area (Å²) < 4.78 is 18.5. The molecule has 26 heavy (non-hydrogen) atoms. The molecular formula is C20H23FN2O3. The van der Waals surface area contributed by atoms with Gasteiger partial charge in [0.1, 0.15) is 11.6 Å². The lowest BCUT2D eigenvalue weighted by Gasteiger charge is -2.18. The van der Waals surface area contributed by atoms with Crippen molar-refractivity contribution >= 4 is 17.5 Å². The highest BCUT2D eigenvalue weighted by molar-refractivity contribution is 5.94. The summed E-state index contributed by atoms with van der Waals surface area (Å²) in [5.41, 5.74) is 1.50. The molecule has 0 saturated heterocycles. The molecule has 2 rings (SSSR count). The molecule has 2 amide bonds. The fraction of sp³-hybridized carbons (Fsp3) is 0.300. The van der Waals surface area contributed by atoms with Crippen molar-refractivity contribution in [3.05, 3.63) is 59.9 Å². The van der Waals surface area contributed by atoms with E-state index in [1.807, 2.05) is 24.3 Å². The number of hydrogen-bond acceptors (Lipinski definition) is 3. The van der Waals surface area contributed by atoms with Crippen molar-refractivity contribution in [2.75, 3.05) is 25.5 Å². The molecular weight excluding hydrogens is 335 g/mol. The van der Waals surface area contributed by atoms with Crippen molar-refractivity contribution in [2.45, 2.75) is 19.8 Å². The van der Waals surface area contributed by atoms with Crippen LogP contribution >= 0.6 is 0 Å². The number of para-hydroxylation sites is 1. The molecule has 5 nitrogen and oxygen atoms in total. The molecule has 0 fully saturated rings. The van der Waals surface area contributed by atoms with Gasteiger partial charge in [0, 0.05) is 12.7 Å². The third-order valence-corrected chi connectivity index (χ3v) is 3.83. The molecule has 1 N–H and O–H groups in total. The molecule has 6 heteroatoms. The number of benzene rings is 2. The molecule has 0 heterocycles. The van der Waals surface area contributed by atoms with E-state index in [2.05, 4.69) is 19.2 Å². The van der Waals surface area contributed by atoms with Crippen molar-refractivity contribution < 1.29 is 18.7 Å². The van der Waals surface area contributed by atoms with Crippen LogP contribution in [-0.2, 0) is 9.59 Å². The second-order valence-electron chi connectivity index (χ2n) is 6.29. The molecule has 0 aliphatic heterocycles. The zero-order chi connectivity index (χ0) is 19.1. The predicted octanol–water partition coefficient (Wildman–Crippen LogP) is 3.43. The van der Waals surface area contributed by atoms with Crippen LogP contribution in [0.15, 0.2) is 48.5 Å². The Morgan fingerprint density at radius 1 is 1.12 bits per heavy atom. The maximum Gasteiger partial charge on any atom is 0.260 e. The Morgan fingerprint density at radius 3 is 2.42 bits per heavy atom. The van der Waals surface area contributed by atoms with Gasteiger partial charge in [-0.1, -0.05) is 32.0 Å². The van der Waals surface area contributed by atoms with Crippen LogP contribution in [0.4, 0.5) is 10.1 Å². The van der Waals surface area contributed by atoms with Gasteiger partial charge in [-0.15, -0.1) is 0 Å². The first-order valence-electron chi connectivity index (χ1n) is 8.38. The Bertz CT molecular complexity index is 760. The van der Waals surface area contributed by atoms with Crippen LogP contribution in [0.25, 0.3) is 0 Å². The van der Waals surface area contributed by atoms with E-state index in [1.54, 1.807) is 0 Å². The largest absolute Gasteiger partial charge is 0.483 e. The van der Waals surface area contributed by atoms with Crippen LogP contribution in [0, 0.1) is 5.82 Å². The van der Waals surface area contributed by atoms with Gasteiger partial charge in [-0.2, -0.15) is 0 Å². The van der Waals surface area contributed by atoms with Gasteiger partial charge in [0.05, 0.1) is 6.54 Å². The molecule has 0 saturated carbocycles. The SMILES string of the molecule is CC(C)c1ccccc1OCC(=O)N(C)CC(=O)Nc1ccc(F)cc1. The van der Waals surface area contributed by atoms with Crippen molar-refractivity contribution in [1.82, 2.24) is 4.90 Å². The Labute approximate surface area is 152 Å². The summed E-state index contributed by atoms with van der Waals surface area (Å²) >= 11 is 0. The zero-order valence-corrected chi connectivity index (χ0v) is 15.2. The Morgan fingerprint density at radius 2 is 1.77 bits per heavy atom. The van der Waals surface area contributed by atoms with E-state index in [-0.39, 0.29) is 36.7 Å². The minimum absolute atomic E-state index is 0.120. The highest BCUT2D eigenvalue weighted by Gasteiger charge is 2.15. The van der Waals surface area contributed by atoms with Crippen molar-refractivity contribution in [3.8, 4) is 5.75 Å². The van der Waals surface area contributed by atoms with Crippen LogP contribution in [-0.4, -0.2) is 36.9 Å². The number of rotatable bonds is 7. The van der Waals surface area contributed by atoms with Crippen LogP contribution in [0.1, 0.15) is 25.3 Å². The molecule has 0 radical (unpaired) electrons. The van der Waals surface area contributed by atoms with Crippen LogP contribution in [0.5, 0.6) is 5.75 Å². The number of nitrogens with one attached hydrogen (secondary N) is 1. The van der Waals surface area contributed by atoms with Crippen LogP contribution in [0.2, 0.25) is 0 Å². The molecule has 0 aliphatic rings. The smallest absolute Gasteiger partial charge is 0.260 e. The number of carbonyl (C=O) groups excluding carboxylic acids is 2. The quantitative estimate of drug-likeness (QED) is 0.825. The molecule has 0 bridgehead atoms. The fourth-order valence-corrected chi connectivity index (χ4v) is 2.38. The zero-order valence-electron chi connectivity index (χ0n) is 15.2. The summed E-state index contributed by atoms with van der Waals surface area (Å²) in [6.07, 6.45) is 0. The number of halogens is 1.